The first-order chi connectivity index (χ1) is 7.66. The Balaban J connectivity index is 2.20. The predicted molar refractivity (Wildman–Crippen MR) is 68.4 cm³/mol. The molecular weight excluding hydrogens is 265 g/mol. The van der Waals surface area contributed by atoms with Crippen molar-refractivity contribution in [3.8, 4) is 0 Å². The van der Waals surface area contributed by atoms with Crippen molar-refractivity contribution in [1.29, 1.82) is 0 Å². The molecule has 0 aliphatic carbocycles. The lowest BCUT2D eigenvalue weighted by molar-refractivity contribution is 0.874. The van der Waals surface area contributed by atoms with Crippen LogP contribution in [0.4, 0.5) is 5.13 Å². The topological polar surface area (TPSA) is 37.8 Å². The summed E-state index contributed by atoms with van der Waals surface area (Å²) >= 11 is 13.5. The average molecular weight is 274 g/mol. The normalized spacial score (nSPS) is 12.4. The number of hydrogen-bond donors (Lipinski definition) is 1. The molecule has 1 aromatic heterocycles. The number of rotatable bonds is 3. The number of nitrogens with zero attached hydrogens (tertiary/aromatic N) is 2. The Morgan fingerprint density at radius 1 is 1.38 bits per heavy atom. The van der Waals surface area contributed by atoms with Crippen molar-refractivity contribution in [3.63, 3.8) is 0 Å². The maximum absolute atomic E-state index is 6.10. The van der Waals surface area contributed by atoms with E-state index >= 15 is 0 Å². The number of anilines is 1. The summed E-state index contributed by atoms with van der Waals surface area (Å²) in [4.78, 5) is 0. The first kappa shape index (κ1) is 11.6. The second-order valence-corrected chi connectivity index (χ2v) is 4.95. The van der Waals surface area contributed by atoms with E-state index < -0.39 is 0 Å². The Morgan fingerprint density at radius 2 is 2.19 bits per heavy atom. The molecule has 1 aromatic carbocycles. The van der Waals surface area contributed by atoms with Crippen molar-refractivity contribution < 1.29 is 0 Å². The Labute approximate surface area is 107 Å². The minimum Gasteiger partial charge on any atom is -0.354 e. The smallest absolute Gasteiger partial charge is 0.205 e. The molecule has 0 saturated carbocycles. The van der Waals surface area contributed by atoms with Gasteiger partial charge in [-0.3, -0.25) is 0 Å². The number of hydrogen-bond acceptors (Lipinski definition) is 4. The van der Waals surface area contributed by atoms with Gasteiger partial charge in [-0.1, -0.05) is 34.5 Å². The average Bonchev–Trinajstić information content (AvgIpc) is 2.74. The lowest BCUT2D eigenvalue weighted by Gasteiger charge is -2.14. The van der Waals surface area contributed by atoms with Gasteiger partial charge in [0.25, 0.3) is 0 Å². The van der Waals surface area contributed by atoms with Crippen LogP contribution in [0.3, 0.4) is 0 Å². The summed E-state index contributed by atoms with van der Waals surface area (Å²) < 4.78 is 0. The molecule has 84 valence electrons. The van der Waals surface area contributed by atoms with Crippen LogP contribution in [0.1, 0.15) is 18.5 Å². The Morgan fingerprint density at radius 3 is 2.88 bits per heavy atom. The standard InChI is InChI=1S/C10H9Cl2N3S/c1-6(14-10-15-13-5-16-10)8-4-7(11)2-3-9(8)12/h2-6H,1H3,(H,14,15). The number of benzene rings is 1. The van der Waals surface area contributed by atoms with Gasteiger partial charge >= 0.3 is 0 Å². The number of nitrogens with one attached hydrogen (secondary N) is 1. The van der Waals surface area contributed by atoms with Crippen LogP contribution in [0.25, 0.3) is 0 Å². The lowest BCUT2D eigenvalue weighted by Crippen LogP contribution is -2.07. The number of aromatic nitrogens is 2. The highest BCUT2D eigenvalue weighted by molar-refractivity contribution is 7.13. The van der Waals surface area contributed by atoms with Gasteiger partial charge < -0.3 is 5.32 Å². The van der Waals surface area contributed by atoms with Crippen LogP contribution >= 0.6 is 34.5 Å². The molecule has 1 unspecified atom stereocenters. The molecule has 2 rings (SSSR count). The minimum atomic E-state index is 0.0409. The summed E-state index contributed by atoms with van der Waals surface area (Å²) in [6.07, 6.45) is 0. The largest absolute Gasteiger partial charge is 0.354 e. The van der Waals surface area contributed by atoms with Crippen molar-refractivity contribution in [2.24, 2.45) is 0 Å². The van der Waals surface area contributed by atoms with E-state index in [0.717, 1.165) is 10.7 Å². The molecule has 1 heterocycles. The van der Waals surface area contributed by atoms with E-state index in [0.29, 0.717) is 10.0 Å². The summed E-state index contributed by atoms with van der Waals surface area (Å²) in [7, 11) is 0. The van der Waals surface area contributed by atoms with Crippen LogP contribution in [-0.2, 0) is 0 Å². The molecule has 16 heavy (non-hydrogen) atoms. The van der Waals surface area contributed by atoms with Crippen LogP contribution < -0.4 is 5.32 Å². The summed E-state index contributed by atoms with van der Waals surface area (Å²) in [5.41, 5.74) is 2.62. The Bertz CT molecular complexity index is 473. The molecular formula is C10H9Cl2N3S. The van der Waals surface area contributed by atoms with Crippen molar-refractivity contribution >= 4 is 39.7 Å². The highest BCUT2D eigenvalue weighted by atomic mass is 35.5. The van der Waals surface area contributed by atoms with Crippen molar-refractivity contribution in [1.82, 2.24) is 10.2 Å². The first-order valence-corrected chi connectivity index (χ1v) is 6.28. The summed E-state index contributed by atoms with van der Waals surface area (Å²) in [6.45, 7) is 2.00. The molecule has 0 spiro atoms. The van der Waals surface area contributed by atoms with Gasteiger partial charge in [-0.25, -0.2) is 0 Å². The fraction of sp³-hybridized carbons (Fsp3) is 0.200. The molecule has 0 radical (unpaired) electrons. The van der Waals surface area contributed by atoms with Gasteiger partial charge in [0.1, 0.15) is 5.51 Å². The maximum Gasteiger partial charge on any atom is 0.205 e. The highest BCUT2D eigenvalue weighted by Crippen LogP contribution is 2.28. The molecule has 0 amide bonds. The molecule has 0 aliphatic heterocycles. The van der Waals surface area contributed by atoms with Crippen LogP contribution in [0, 0.1) is 0 Å². The van der Waals surface area contributed by atoms with E-state index in [1.54, 1.807) is 17.6 Å². The minimum absolute atomic E-state index is 0.0409. The van der Waals surface area contributed by atoms with E-state index in [2.05, 4.69) is 15.5 Å². The van der Waals surface area contributed by atoms with Gasteiger partial charge in [0.05, 0.1) is 6.04 Å². The number of halogens is 2. The van der Waals surface area contributed by atoms with Crippen LogP contribution in [0.5, 0.6) is 0 Å². The van der Waals surface area contributed by atoms with E-state index in [1.807, 2.05) is 13.0 Å². The second-order valence-electron chi connectivity index (χ2n) is 3.28. The van der Waals surface area contributed by atoms with Crippen molar-refractivity contribution in [2.75, 3.05) is 5.32 Å². The van der Waals surface area contributed by atoms with E-state index in [9.17, 15) is 0 Å². The van der Waals surface area contributed by atoms with Crippen LogP contribution in [0.2, 0.25) is 10.0 Å². The van der Waals surface area contributed by atoms with Gasteiger partial charge in [0.15, 0.2) is 0 Å². The van der Waals surface area contributed by atoms with Gasteiger partial charge in [0.2, 0.25) is 5.13 Å². The summed E-state index contributed by atoms with van der Waals surface area (Å²) in [6, 6.07) is 5.45. The molecule has 1 N–H and O–H groups in total. The third-order valence-electron chi connectivity index (χ3n) is 2.12. The quantitative estimate of drug-likeness (QED) is 0.918. The Hall–Kier alpha value is -0.840. The SMILES string of the molecule is CC(Nc1nncs1)c1cc(Cl)ccc1Cl. The van der Waals surface area contributed by atoms with E-state index in [-0.39, 0.29) is 6.04 Å². The van der Waals surface area contributed by atoms with Crippen LogP contribution in [0.15, 0.2) is 23.7 Å². The van der Waals surface area contributed by atoms with Gasteiger partial charge in [0, 0.05) is 10.0 Å². The fourth-order valence-corrected chi connectivity index (χ4v) is 2.34. The summed E-state index contributed by atoms with van der Waals surface area (Å²) in [5.74, 6) is 0. The zero-order valence-corrected chi connectivity index (χ0v) is 10.8. The molecule has 3 nitrogen and oxygen atoms in total. The van der Waals surface area contributed by atoms with E-state index in [1.165, 1.54) is 11.3 Å². The predicted octanol–water partition coefficient (Wildman–Crippen LogP) is 4.02. The Kier molecular flexibility index (Phi) is 3.63. The lowest BCUT2D eigenvalue weighted by atomic mass is 10.1. The second kappa shape index (κ2) is 4.99. The highest BCUT2D eigenvalue weighted by Gasteiger charge is 2.11. The fourth-order valence-electron chi connectivity index (χ4n) is 1.35. The molecule has 0 saturated heterocycles. The van der Waals surface area contributed by atoms with Gasteiger partial charge in [-0.15, -0.1) is 10.2 Å². The molecule has 6 heteroatoms. The zero-order valence-electron chi connectivity index (χ0n) is 8.45. The maximum atomic E-state index is 6.10. The van der Waals surface area contributed by atoms with Crippen LogP contribution in [-0.4, -0.2) is 10.2 Å². The zero-order chi connectivity index (χ0) is 11.5. The molecule has 0 fully saturated rings. The van der Waals surface area contributed by atoms with Crippen molar-refractivity contribution in [3.05, 3.63) is 39.3 Å². The third kappa shape index (κ3) is 2.64. The molecule has 0 aliphatic rings. The molecule has 2 aromatic rings. The molecule has 0 bridgehead atoms. The third-order valence-corrected chi connectivity index (χ3v) is 3.33. The van der Waals surface area contributed by atoms with Gasteiger partial charge in [-0.05, 0) is 30.7 Å². The molecule has 1 atom stereocenters. The van der Waals surface area contributed by atoms with Crippen molar-refractivity contribution in [2.45, 2.75) is 13.0 Å². The summed E-state index contributed by atoms with van der Waals surface area (Å²) in [5, 5.41) is 13.0. The van der Waals surface area contributed by atoms with Gasteiger partial charge in [-0.2, -0.15) is 0 Å². The van der Waals surface area contributed by atoms with E-state index in [4.69, 9.17) is 23.2 Å². The monoisotopic (exact) mass is 273 g/mol. The first-order valence-electron chi connectivity index (χ1n) is 4.64.